The van der Waals surface area contributed by atoms with Crippen LogP contribution in [0.15, 0.2) is 24.5 Å². The van der Waals surface area contributed by atoms with Gasteiger partial charge < -0.3 is 19.3 Å². The molecule has 1 unspecified atom stereocenters. The first-order chi connectivity index (χ1) is 12.6. The van der Waals surface area contributed by atoms with Crippen molar-refractivity contribution in [1.82, 2.24) is 0 Å². The maximum absolute atomic E-state index is 11.7. The Hall–Kier alpha value is -1.82. The number of carbonyl (C=O) groups is 2. The van der Waals surface area contributed by atoms with E-state index in [1.807, 2.05) is 0 Å². The van der Waals surface area contributed by atoms with E-state index in [9.17, 15) is 9.59 Å². The van der Waals surface area contributed by atoms with Gasteiger partial charge in [-0.2, -0.15) is 0 Å². The summed E-state index contributed by atoms with van der Waals surface area (Å²) in [5, 5.41) is 8.51. The van der Waals surface area contributed by atoms with E-state index in [1.165, 1.54) is 19.3 Å². The molecular weight excluding hydrogens is 348 g/mol. The van der Waals surface area contributed by atoms with Crippen molar-refractivity contribution >= 4 is 11.9 Å². The van der Waals surface area contributed by atoms with E-state index >= 15 is 0 Å². The summed E-state index contributed by atoms with van der Waals surface area (Å²) >= 11 is 0. The van der Waals surface area contributed by atoms with Gasteiger partial charge in [-0.1, -0.05) is 6.58 Å². The largest absolute Gasteiger partial charge is 0.502 e. The normalized spacial score (nSPS) is 31.3. The molecule has 0 aromatic rings. The van der Waals surface area contributed by atoms with Crippen LogP contribution in [-0.4, -0.2) is 35.5 Å². The summed E-state index contributed by atoms with van der Waals surface area (Å²) in [4.78, 5) is 22.3. The molecule has 0 aliphatic heterocycles. The van der Waals surface area contributed by atoms with Crippen LogP contribution in [0.2, 0.25) is 0 Å². The lowest BCUT2D eigenvalue weighted by molar-refractivity contribution is -0.182. The lowest BCUT2D eigenvalue weighted by Crippen LogP contribution is -2.52. The van der Waals surface area contributed by atoms with Crippen LogP contribution in [0, 0.1) is 17.8 Å². The van der Waals surface area contributed by atoms with E-state index in [0.29, 0.717) is 12.2 Å². The van der Waals surface area contributed by atoms with Crippen molar-refractivity contribution in [2.24, 2.45) is 17.8 Å². The Labute approximate surface area is 161 Å². The minimum absolute atomic E-state index is 0.106. The predicted molar refractivity (Wildman–Crippen MR) is 101 cm³/mol. The van der Waals surface area contributed by atoms with Gasteiger partial charge in [0.1, 0.15) is 5.60 Å². The van der Waals surface area contributed by atoms with Gasteiger partial charge in [-0.25, -0.2) is 9.59 Å². The van der Waals surface area contributed by atoms with Crippen LogP contribution < -0.4 is 0 Å². The van der Waals surface area contributed by atoms with E-state index in [0.717, 1.165) is 37.0 Å². The molecule has 0 heterocycles. The molecule has 6 nitrogen and oxygen atoms in total. The van der Waals surface area contributed by atoms with Gasteiger partial charge in [0.25, 0.3) is 0 Å². The third kappa shape index (κ3) is 5.83. The Kier molecular flexibility index (Phi) is 7.09. The van der Waals surface area contributed by atoms with Gasteiger partial charge in [0.2, 0.25) is 6.29 Å². The lowest BCUT2D eigenvalue weighted by atomic mass is 9.54. The Bertz CT molecular complexity index is 558. The molecule has 4 rings (SSSR count). The fraction of sp³-hybridized carbons (Fsp3) is 0.714. The molecule has 1 atom stereocenters. The van der Waals surface area contributed by atoms with Crippen LogP contribution in [-0.2, 0) is 23.8 Å². The molecular formula is C21H32O6. The molecule has 27 heavy (non-hydrogen) atoms. The molecule has 0 saturated heterocycles. The summed E-state index contributed by atoms with van der Waals surface area (Å²) < 4.78 is 15.2. The molecule has 4 bridgehead atoms. The highest BCUT2D eigenvalue weighted by atomic mass is 16.7. The highest BCUT2D eigenvalue weighted by molar-refractivity contribution is 5.87. The molecule has 1 N–H and O–H groups in total. The van der Waals surface area contributed by atoms with Gasteiger partial charge >= 0.3 is 11.9 Å². The smallest absolute Gasteiger partial charge is 0.375 e. The molecule has 6 heteroatoms. The van der Waals surface area contributed by atoms with Gasteiger partial charge in [-0.3, -0.25) is 0 Å². The number of hydrogen-bond donors (Lipinski definition) is 1. The summed E-state index contributed by atoms with van der Waals surface area (Å²) in [5.74, 6) is 0.821. The molecule has 4 saturated carbocycles. The fourth-order valence-electron chi connectivity index (χ4n) is 4.93. The van der Waals surface area contributed by atoms with Gasteiger partial charge in [0.15, 0.2) is 5.76 Å². The van der Waals surface area contributed by atoms with Crippen LogP contribution >= 0.6 is 0 Å². The molecule has 4 aliphatic rings. The van der Waals surface area contributed by atoms with Crippen LogP contribution in [0.4, 0.5) is 0 Å². The van der Waals surface area contributed by atoms with E-state index in [1.54, 1.807) is 20.8 Å². The number of aliphatic hydroxyl groups is 1. The molecule has 0 aromatic heterocycles. The zero-order valence-electron chi connectivity index (χ0n) is 16.7. The average Bonchev–Trinajstić information content (AvgIpc) is 2.53. The van der Waals surface area contributed by atoms with Crippen molar-refractivity contribution < 1.29 is 28.9 Å². The third-order valence-corrected chi connectivity index (χ3v) is 5.55. The second kappa shape index (κ2) is 8.91. The van der Waals surface area contributed by atoms with Crippen molar-refractivity contribution in [1.29, 1.82) is 0 Å². The number of aliphatic hydroxyl groups excluding tert-OH is 1. The van der Waals surface area contributed by atoms with Crippen molar-refractivity contribution in [2.75, 3.05) is 6.61 Å². The Balaban J connectivity index is 0.000000211. The van der Waals surface area contributed by atoms with E-state index < -0.39 is 18.0 Å². The highest BCUT2D eigenvalue weighted by Crippen LogP contribution is 2.57. The number of rotatable bonds is 6. The SMILES string of the molecule is C=C(C)C(=O)OC12CC3CC(CC(C3)C1)C2.C=C(O)C(=O)OC(C)OCC. The van der Waals surface area contributed by atoms with Crippen LogP contribution in [0.5, 0.6) is 0 Å². The molecule has 0 spiro atoms. The fourth-order valence-corrected chi connectivity index (χ4v) is 4.93. The molecule has 0 amide bonds. The number of esters is 2. The number of ether oxygens (including phenoxy) is 3. The minimum Gasteiger partial charge on any atom is -0.502 e. The second-order valence-corrected chi connectivity index (χ2v) is 8.15. The number of carbonyl (C=O) groups excluding carboxylic acids is 2. The van der Waals surface area contributed by atoms with E-state index in [4.69, 9.17) is 14.6 Å². The summed E-state index contributed by atoms with van der Waals surface area (Å²) in [7, 11) is 0. The Morgan fingerprint density at radius 3 is 1.93 bits per heavy atom. The first-order valence-corrected chi connectivity index (χ1v) is 9.73. The lowest BCUT2D eigenvalue weighted by Gasteiger charge is -2.55. The highest BCUT2D eigenvalue weighted by Gasteiger charge is 2.53. The molecule has 4 aliphatic carbocycles. The van der Waals surface area contributed by atoms with Crippen molar-refractivity contribution in [3.8, 4) is 0 Å². The summed E-state index contributed by atoms with van der Waals surface area (Å²) in [6.07, 6.45) is 6.82. The molecule has 152 valence electrons. The molecule has 0 radical (unpaired) electrons. The van der Waals surface area contributed by atoms with E-state index in [-0.39, 0.29) is 11.6 Å². The quantitative estimate of drug-likeness (QED) is 0.324. The standard InChI is InChI=1S/C14H20O2.C7H12O4/c1-9(2)13(15)16-14-6-10-3-11(7-14)5-12(4-10)8-14;1-4-10-6(3)11-7(9)5(2)8/h10-12H,1,3-8H2,2H3;6,8H,2,4H2,1,3H3. The second-order valence-electron chi connectivity index (χ2n) is 8.15. The van der Waals surface area contributed by atoms with Gasteiger partial charge in [0.05, 0.1) is 0 Å². The maximum Gasteiger partial charge on any atom is 0.375 e. The monoisotopic (exact) mass is 380 g/mol. The van der Waals surface area contributed by atoms with Crippen molar-refractivity contribution in [2.45, 2.75) is 71.2 Å². The molecule has 0 aromatic carbocycles. The summed E-state index contributed by atoms with van der Waals surface area (Å²) in [6.45, 7) is 12.2. The zero-order valence-corrected chi connectivity index (χ0v) is 16.7. The van der Waals surface area contributed by atoms with Crippen LogP contribution in [0.25, 0.3) is 0 Å². The van der Waals surface area contributed by atoms with Crippen LogP contribution in [0.1, 0.15) is 59.3 Å². The van der Waals surface area contributed by atoms with Crippen molar-refractivity contribution in [3.63, 3.8) is 0 Å². The van der Waals surface area contributed by atoms with Gasteiger partial charge in [-0.15, -0.1) is 0 Å². The predicted octanol–water partition coefficient (Wildman–Crippen LogP) is 4.06. The maximum atomic E-state index is 11.7. The van der Waals surface area contributed by atoms with E-state index in [2.05, 4.69) is 17.9 Å². The Morgan fingerprint density at radius 1 is 1.07 bits per heavy atom. The van der Waals surface area contributed by atoms with Crippen molar-refractivity contribution in [3.05, 3.63) is 24.5 Å². The first kappa shape index (κ1) is 21.5. The summed E-state index contributed by atoms with van der Waals surface area (Å²) in [5.41, 5.74) is 0.431. The average molecular weight is 380 g/mol. The van der Waals surface area contributed by atoms with Gasteiger partial charge in [-0.05, 0) is 83.6 Å². The van der Waals surface area contributed by atoms with Crippen LogP contribution in [0.3, 0.4) is 0 Å². The minimum atomic E-state index is -0.856. The Morgan fingerprint density at radius 2 is 1.56 bits per heavy atom. The topological polar surface area (TPSA) is 82.1 Å². The number of hydrogen-bond acceptors (Lipinski definition) is 6. The molecule has 4 fully saturated rings. The zero-order chi connectivity index (χ0) is 20.2. The van der Waals surface area contributed by atoms with Gasteiger partial charge in [0, 0.05) is 12.2 Å². The third-order valence-electron chi connectivity index (χ3n) is 5.55. The summed E-state index contributed by atoms with van der Waals surface area (Å²) in [6, 6.07) is 0. The first-order valence-electron chi connectivity index (χ1n) is 9.73.